The average Bonchev–Trinajstić information content (AvgIpc) is 2.46. The SMILES string of the molecule is CC(C)Oc1ccc(CNC(=O)[C@@H]2CC=CCC2)cn1. The number of carbonyl (C=O) groups excluding carboxylic acids is 1. The van der Waals surface area contributed by atoms with Gasteiger partial charge in [-0.3, -0.25) is 4.79 Å². The first-order valence-electron chi connectivity index (χ1n) is 7.19. The Morgan fingerprint density at radius 3 is 2.90 bits per heavy atom. The number of aromatic nitrogens is 1. The lowest BCUT2D eigenvalue weighted by atomic mass is 9.93. The Kier molecular flexibility index (Phi) is 5.16. The van der Waals surface area contributed by atoms with Crippen molar-refractivity contribution < 1.29 is 9.53 Å². The Morgan fingerprint density at radius 1 is 1.45 bits per heavy atom. The fourth-order valence-corrected chi connectivity index (χ4v) is 2.19. The molecule has 1 aliphatic rings. The molecule has 1 aromatic rings. The van der Waals surface area contributed by atoms with Gasteiger partial charge in [0, 0.05) is 24.7 Å². The van der Waals surface area contributed by atoms with Crippen LogP contribution in [-0.4, -0.2) is 17.0 Å². The first-order valence-corrected chi connectivity index (χ1v) is 7.19. The molecule has 0 bridgehead atoms. The molecular formula is C16H22N2O2. The van der Waals surface area contributed by atoms with E-state index >= 15 is 0 Å². The summed E-state index contributed by atoms with van der Waals surface area (Å²) in [6.07, 6.45) is 8.90. The number of rotatable bonds is 5. The van der Waals surface area contributed by atoms with Gasteiger partial charge in [-0.2, -0.15) is 0 Å². The standard InChI is InChI=1S/C16H22N2O2/c1-12(2)20-15-9-8-13(10-17-15)11-18-16(19)14-6-4-3-5-7-14/h3-4,8-10,12,14H,5-7,11H2,1-2H3,(H,18,19)/t14-/m1/s1. The van der Waals surface area contributed by atoms with E-state index in [1.54, 1.807) is 6.20 Å². The predicted molar refractivity (Wildman–Crippen MR) is 78.3 cm³/mol. The molecular weight excluding hydrogens is 252 g/mol. The summed E-state index contributed by atoms with van der Waals surface area (Å²) in [6.45, 7) is 4.46. The van der Waals surface area contributed by atoms with Gasteiger partial charge in [-0.15, -0.1) is 0 Å². The van der Waals surface area contributed by atoms with E-state index < -0.39 is 0 Å². The third kappa shape index (κ3) is 4.37. The van der Waals surface area contributed by atoms with Crippen LogP contribution in [0.2, 0.25) is 0 Å². The van der Waals surface area contributed by atoms with E-state index in [-0.39, 0.29) is 17.9 Å². The molecule has 108 valence electrons. The second kappa shape index (κ2) is 7.08. The summed E-state index contributed by atoms with van der Waals surface area (Å²) in [5, 5.41) is 2.98. The lowest BCUT2D eigenvalue weighted by Crippen LogP contribution is -2.30. The molecule has 20 heavy (non-hydrogen) atoms. The molecule has 2 rings (SSSR count). The number of amides is 1. The normalized spacial score (nSPS) is 18.1. The van der Waals surface area contributed by atoms with Gasteiger partial charge in [-0.05, 0) is 38.7 Å². The molecule has 1 atom stereocenters. The van der Waals surface area contributed by atoms with Crippen molar-refractivity contribution in [2.24, 2.45) is 5.92 Å². The third-order valence-corrected chi connectivity index (χ3v) is 3.26. The Bertz CT molecular complexity index is 466. The summed E-state index contributed by atoms with van der Waals surface area (Å²) in [4.78, 5) is 16.2. The fourth-order valence-electron chi connectivity index (χ4n) is 2.19. The number of ether oxygens (including phenoxy) is 1. The average molecular weight is 274 g/mol. The summed E-state index contributed by atoms with van der Waals surface area (Å²) in [7, 11) is 0. The van der Waals surface area contributed by atoms with E-state index in [0.717, 1.165) is 24.8 Å². The smallest absolute Gasteiger partial charge is 0.223 e. The van der Waals surface area contributed by atoms with Crippen LogP contribution in [0.15, 0.2) is 30.5 Å². The molecule has 4 nitrogen and oxygen atoms in total. The highest BCUT2D eigenvalue weighted by atomic mass is 16.5. The molecule has 1 heterocycles. The van der Waals surface area contributed by atoms with Crippen molar-refractivity contribution in [1.82, 2.24) is 10.3 Å². The molecule has 1 aliphatic carbocycles. The number of nitrogens with one attached hydrogen (secondary N) is 1. The largest absolute Gasteiger partial charge is 0.475 e. The molecule has 4 heteroatoms. The molecule has 0 saturated heterocycles. The molecule has 1 amide bonds. The van der Waals surface area contributed by atoms with E-state index in [0.29, 0.717) is 12.4 Å². The highest BCUT2D eigenvalue weighted by Crippen LogP contribution is 2.18. The number of hydrogen-bond donors (Lipinski definition) is 1. The predicted octanol–water partition coefficient (Wildman–Crippen LogP) is 2.84. The number of allylic oxidation sites excluding steroid dienone is 2. The van der Waals surface area contributed by atoms with Crippen LogP contribution in [0, 0.1) is 5.92 Å². The topological polar surface area (TPSA) is 51.2 Å². The summed E-state index contributed by atoms with van der Waals surface area (Å²) >= 11 is 0. The molecule has 0 fully saturated rings. The van der Waals surface area contributed by atoms with Crippen molar-refractivity contribution in [3.05, 3.63) is 36.0 Å². The third-order valence-electron chi connectivity index (χ3n) is 3.26. The van der Waals surface area contributed by atoms with E-state index in [9.17, 15) is 4.79 Å². The van der Waals surface area contributed by atoms with Gasteiger partial charge in [0.05, 0.1) is 6.10 Å². The van der Waals surface area contributed by atoms with Gasteiger partial charge < -0.3 is 10.1 Å². The van der Waals surface area contributed by atoms with Gasteiger partial charge in [0.15, 0.2) is 0 Å². The van der Waals surface area contributed by atoms with Gasteiger partial charge >= 0.3 is 0 Å². The molecule has 0 radical (unpaired) electrons. The second-order valence-electron chi connectivity index (χ2n) is 5.37. The quantitative estimate of drug-likeness (QED) is 0.840. The Morgan fingerprint density at radius 2 is 2.30 bits per heavy atom. The zero-order valence-corrected chi connectivity index (χ0v) is 12.1. The van der Waals surface area contributed by atoms with Crippen molar-refractivity contribution in [3.8, 4) is 5.88 Å². The molecule has 0 saturated carbocycles. The van der Waals surface area contributed by atoms with Gasteiger partial charge in [0.25, 0.3) is 0 Å². The maximum atomic E-state index is 12.0. The minimum absolute atomic E-state index is 0.118. The first kappa shape index (κ1) is 14.6. The van der Waals surface area contributed by atoms with Crippen LogP contribution in [0.3, 0.4) is 0 Å². The summed E-state index contributed by atoms with van der Waals surface area (Å²) in [6, 6.07) is 3.77. The molecule has 1 aromatic heterocycles. The molecule has 0 aliphatic heterocycles. The zero-order valence-electron chi connectivity index (χ0n) is 12.1. The summed E-state index contributed by atoms with van der Waals surface area (Å²) < 4.78 is 5.48. The monoisotopic (exact) mass is 274 g/mol. The highest BCUT2D eigenvalue weighted by molar-refractivity contribution is 5.78. The van der Waals surface area contributed by atoms with Crippen LogP contribution in [0.5, 0.6) is 5.88 Å². The van der Waals surface area contributed by atoms with Crippen molar-refractivity contribution in [2.75, 3.05) is 0 Å². The summed E-state index contributed by atoms with van der Waals surface area (Å²) in [5.74, 6) is 0.876. The van der Waals surface area contributed by atoms with Crippen LogP contribution >= 0.6 is 0 Å². The number of pyridine rings is 1. The maximum absolute atomic E-state index is 12.0. The van der Waals surface area contributed by atoms with Crippen LogP contribution in [0.4, 0.5) is 0 Å². The zero-order chi connectivity index (χ0) is 14.4. The molecule has 0 aromatic carbocycles. The lowest BCUT2D eigenvalue weighted by Gasteiger charge is -2.17. The van der Waals surface area contributed by atoms with Gasteiger partial charge in [-0.25, -0.2) is 4.98 Å². The second-order valence-corrected chi connectivity index (χ2v) is 5.37. The van der Waals surface area contributed by atoms with Gasteiger partial charge in [0.2, 0.25) is 11.8 Å². The maximum Gasteiger partial charge on any atom is 0.223 e. The van der Waals surface area contributed by atoms with E-state index in [1.807, 2.05) is 26.0 Å². The van der Waals surface area contributed by atoms with Crippen molar-refractivity contribution in [2.45, 2.75) is 45.8 Å². The molecule has 0 unspecified atom stereocenters. The van der Waals surface area contributed by atoms with Crippen LogP contribution in [0.1, 0.15) is 38.7 Å². The Balaban J connectivity index is 1.81. The fraction of sp³-hybridized carbons (Fsp3) is 0.500. The van der Waals surface area contributed by atoms with Crippen molar-refractivity contribution in [3.63, 3.8) is 0 Å². The number of nitrogens with zero attached hydrogens (tertiary/aromatic N) is 1. The lowest BCUT2D eigenvalue weighted by molar-refractivity contribution is -0.125. The molecule has 1 N–H and O–H groups in total. The summed E-state index contributed by atoms with van der Waals surface area (Å²) in [5.41, 5.74) is 0.987. The van der Waals surface area contributed by atoms with Crippen molar-refractivity contribution in [1.29, 1.82) is 0 Å². The van der Waals surface area contributed by atoms with Gasteiger partial charge in [-0.1, -0.05) is 18.2 Å². The van der Waals surface area contributed by atoms with Crippen LogP contribution in [0.25, 0.3) is 0 Å². The van der Waals surface area contributed by atoms with Crippen LogP contribution < -0.4 is 10.1 Å². The van der Waals surface area contributed by atoms with Crippen LogP contribution in [-0.2, 0) is 11.3 Å². The van der Waals surface area contributed by atoms with E-state index in [2.05, 4.69) is 22.5 Å². The minimum Gasteiger partial charge on any atom is -0.475 e. The number of hydrogen-bond acceptors (Lipinski definition) is 3. The Hall–Kier alpha value is -1.84. The van der Waals surface area contributed by atoms with Crippen molar-refractivity contribution >= 4 is 5.91 Å². The van der Waals surface area contributed by atoms with Gasteiger partial charge in [0.1, 0.15) is 0 Å². The highest BCUT2D eigenvalue weighted by Gasteiger charge is 2.18. The van der Waals surface area contributed by atoms with E-state index in [1.165, 1.54) is 0 Å². The Labute approximate surface area is 120 Å². The molecule has 0 spiro atoms. The first-order chi connectivity index (χ1) is 9.65. The van der Waals surface area contributed by atoms with E-state index in [4.69, 9.17) is 4.74 Å². The number of carbonyl (C=O) groups is 1. The minimum atomic E-state index is 0.118.